The summed E-state index contributed by atoms with van der Waals surface area (Å²) in [5, 5.41) is 7.10. The molecule has 2 N–H and O–H groups in total. The van der Waals surface area contributed by atoms with Crippen LogP contribution in [-0.2, 0) is 10.0 Å². The molecule has 1 unspecified atom stereocenters. The first kappa shape index (κ1) is 17.9. The predicted octanol–water partition coefficient (Wildman–Crippen LogP) is 1.46. The summed E-state index contributed by atoms with van der Waals surface area (Å²) in [4.78, 5) is 0.0290. The lowest BCUT2D eigenvalue weighted by molar-refractivity contribution is 0.428. The number of para-hydroxylation sites is 1. The van der Waals surface area contributed by atoms with Gasteiger partial charge >= 0.3 is 0 Å². The molecule has 3 rings (SSSR count). The van der Waals surface area contributed by atoms with Crippen LogP contribution in [0.2, 0.25) is 0 Å². The van der Waals surface area contributed by atoms with Gasteiger partial charge in [-0.3, -0.25) is 0 Å². The van der Waals surface area contributed by atoms with Crippen molar-refractivity contribution in [2.24, 2.45) is 0 Å². The van der Waals surface area contributed by atoms with Crippen LogP contribution in [0.5, 0.6) is 0 Å². The fourth-order valence-corrected chi connectivity index (χ4v) is 3.65. The van der Waals surface area contributed by atoms with Gasteiger partial charge in [0, 0.05) is 12.6 Å². The third-order valence-electron chi connectivity index (χ3n) is 3.59. The number of piperidine rings is 1. The van der Waals surface area contributed by atoms with Gasteiger partial charge in [0.25, 0.3) is 0 Å². The van der Waals surface area contributed by atoms with Crippen molar-refractivity contribution in [3.63, 3.8) is 0 Å². The van der Waals surface area contributed by atoms with Gasteiger partial charge in [-0.25, -0.2) is 22.2 Å². The van der Waals surface area contributed by atoms with E-state index in [1.165, 1.54) is 29.2 Å². The van der Waals surface area contributed by atoms with Gasteiger partial charge in [-0.15, -0.1) is 12.4 Å². The summed E-state index contributed by atoms with van der Waals surface area (Å²) in [6, 6.07) is 5.95. The van der Waals surface area contributed by atoms with E-state index in [9.17, 15) is 12.8 Å². The van der Waals surface area contributed by atoms with E-state index in [4.69, 9.17) is 0 Å². The standard InChI is InChI=1S/C14H17FN4O2S.ClH/c15-13-5-1-2-6-14(13)19-10-12(9-17-19)22(20,21)18-11-4-3-7-16-8-11;/h1-2,5-6,9-11,16,18H,3-4,7-8H2;1H. The molecule has 0 radical (unpaired) electrons. The number of sulfonamides is 1. The monoisotopic (exact) mass is 360 g/mol. The lowest BCUT2D eigenvalue weighted by Crippen LogP contribution is -2.45. The summed E-state index contributed by atoms with van der Waals surface area (Å²) in [5.74, 6) is -0.459. The van der Waals surface area contributed by atoms with Crippen molar-refractivity contribution in [2.75, 3.05) is 13.1 Å². The first-order chi connectivity index (χ1) is 10.6. The van der Waals surface area contributed by atoms with Crippen LogP contribution in [0.15, 0.2) is 41.6 Å². The molecule has 1 aliphatic rings. The zero-order valence-corrected chi connectivity index (χ0v) is 13.9. The van der Waals surface area contributed by atoms with Gasteiger partial charge in [0.2, 0.25) is 10.0 Å². The Balaban J connectivity index is 0.00000192. The van der Waals surface area contributed by atoms with E-state index in [1.54, 1.807) is 12.1 Å². The van der Waals surface area contributed by atoms with E-state index < -0.39 is 15.8 Å². The zero-order chi connectivity index (χ0) is 15.6. The fourth-order valence-electron chi connectivity index (χ4n) is 2.45. The number of aromatic nitrogens is 2. The quantitative estimate of drug-likeness (QED) is 0.865. The number of hydrogen-bond acceptors (Lipinski definition) is 4. The van der Waals surface area contributed by atoms with Crippen molar-refractivity contribution < 1.29 is 12.8 Å². The minimum Gasteiger partial charge on any atom is -0.315 e. The molecular weight excluding hydrogens is 343 g/mol. The Labute approximate surface area is 140 Å². The maximum Gasteiger partial charge on any atom is 0.244 e. The second-order valence-corrected chi connectivity index (χ2v) is 6.95. The largest absolute Gasteiger partial charge is 0.315 e. The molecule has 0 aliphatic carbocycles. The van der Waals surface area contributed by atoms with E-state index in [-0.39, 0.29) is 29.0 Å². The molecule has 6 nitrogen and oxygen atoms in total. The predicted molar refractivity (Wildman–Crippen MR) is 87.0 cm³/mol. The first-order valence-corrected chi connectivity index (χ1v) is 8.57. The molecule has 0 amide bonds. The molecule has 0 bridgehead atoms. The molecule has 1 fully saturated rings. The molecular formula is C14H18ClFN4O2S. The first-order valence-electron chi connectivity index (χ1n) is 7.09. The molecule has 1 aliphatic heterocycles. The summed E-state index contributed by atoms with van der Waals surface area (Å²) in [7, 11) is -3.66. The Morgan fingerprint density at radius 3 is 2.83 bits per heavy atom. The Hall–Kier alpha value is -1.48. The molecule has 2 aromatic rings. The van der Waals surface area contributed by atoms with Crippen molar-refractivity contribution >= 4 is 22.4 Å². The molecule has 1 aromatic heterocycles. The van der Waals surface area contributed by atoms with Gasteiger partial charge in [0.05, 0.1) is 12.4 Å². The maximum atomic E-state index is 13.7. The van der Waals surface area contributed by atoms with Crippen LogP contribution >= 0.6 is 12.4 Å². The van der Waals surface area contributed by atoms with Gasteiger partial charge < -0.3 is 5.32 Å². The summed E-state index contributed by atoms with van der Waals surface area (Å²) < 4.78 is 42.3. The fraction of sp³-hybridized carbons (Fsp3) is 0.357. The van der Waals surface area contributed by atoms with Crippen molar-refractivity contribution in [1.29, 1.82) is 0 Å². The van der Waals surface area contributed by atoms with Gasteiger partial charge in [0.1, 0.15) is 16.4 Å². The minimum atomic E-state index is -3.66. The van der Waals surface area contributed by atoms with Crippen molar-refractivity contribution in [3.8, 4) is 5.69 Å². The number of benzene rings is 1. The van der Waals surface area contributed by atoms with E-state index in [1.807, 2.05) is 0 Å². The normalized spacial score (nSPS) is 18.4. The molecule has 0 saturated carbocycles. The van der Waals surface area contributed by atoms with Crippen molar-refractivity contribution in [2.45, 2.75) is 23.8 Å². The van der Waals surface area contributed by atoms with Gasteiger partial charge in [0.15, 0.2) is 0 Å². The Morgan fingerprint density at radius 2 is 2.13 bits per heavy atom. The molecule has 0 spiro atoms. The molecule has 1 saturated heterocycles. The van der Waals surface area contributed by atoms with Crippen LogP contribution in [0, 0.1) is 5.82 Å². The van der Waals surface area contributed by atoms with E-state index in [2.05, 4.69) is 15.1 Å². The summed E-state index contributed by atoms with van der Waals surface area (Å²) in [6.07, 6.45) is 4.28. The topological polar surface area (TPSA) is 76.0 Å². The minimum absolute atomic E-state index is 0. The maximum absolute atomic E-state index is 13.7. The number of rotatable bonds is 4. The van der Waals surface area contributed by atoms with Gasteiger partial charge in [-0.2, -0.15) is 5.10 Å². The van der Waals surface area contributed by atoms with Crippen LogP contribution in [0.4, 0.5) is 4.39 Å². The van der Waals surface area contributed by atoms with Gasteiger partial charge in [-0.05, 0) is 31.5 Å². The molecule has 2 heterocycles. The van der Waals surface area contributed by atoms with E-state index in [0.29, 0.717) is 6.54 Å². The number of nitrogens with zero attached hydrogens (tertiary/aromatic N) is 2. The highest BCUT2D eigenvalue weighted by Crippen LogP contribution is 2.16. The number of hydrogen-bond donors (Lipinski definition) is 2. The average Bonchev–Trinajstić information content (AvgIpc) is 2.99. The Bertz CT molecular complexity index is 760. The summed E-state index contributed by atoms with van der Waals surface area (Å²) >= 11 is 0. The van der Waals surface area contributed by atoms with Crippen LogP contribution in [0.25, 0.3) is 5.69 Å². The SMILES string of the molecule is Cl.O=S(=O)(NC1CCCNC1)c1cnn(-c2ccccc2F)c1. The van der Waals surface area contributed by atoms with E-state index >= 15 is 0 Å². The van der Waals surface area contributed by atoms with Crippen LogP contribution in [-0.4, -0.2) is 37.3 Å². The Kier molecular flexibility index (Phi) is 5.74. The highest BCUT2D eigenvalue weighted by atomic mass is 35.5. The lowest BCUT2D eigenvalue weighted by atomic mass is 10.1. The smallest absolute Gasteiger partial charge is 0.244 e. The highest BCUT2D eigenvalue weighted by molar-refractivity contribution is 7.89. The van der Waals surface area contributed by atoms with Crippen LogP contribution in [0.1, 0.15) is 12.8 Å². The average molecular weight is 361 g/mol. The molecule has 1 atom stereocenters. The number of halogens is 2. The van der Waals surface area contributed by atoms with E-state index in [0.717, 1.165) is 19.4 Å². The molecule has 1 aromatic carbocycles. The highest BCUT2D eigenvalue weighted by Gasteiger charge is 2.23. The summed E-state index contributed by atoms with van der Waals surface area (Å²) in [5.41, 5.74) is 0.211. The van der Waals surface area contributed by atoms with Crippen LogP contribution < -0.4 is 10.0 Å². The second-order valence-electron chi connectivity index (χ2n) is 5.24. The Morgan fingerprint density at radius 1 is 1.35 bits per heavy atom. The third kappa shape index (κ3) is 4.08. The van der Waals surface area contributed by atoms with Crippen molar-refractivity contribution in [1.82, 2.24) is 19.8 Å². The number of nitrogens with one attached hydrogen (secondary N) is 2. The second kappa shape index (κ2) is 7.39. The molecule has 9 heteroatoms. The van der Waals surface area contributed by atoms with Crippen LogP contribution in [0.3, 0.4) is 0 Å². The van der Waals surface area contributed by atoms with Gasteiger partial charge in [-0.1, -0.05) is 12.1 Å². The molecule has 126 valence electrons. The zero-order valence-electron chi connectivity index (χ0n) is 12.3. The third-order valence-corrected chi connectivity index (χ3v) is 5.06. The lowest BCUT2D eigenvalue weighted by Gasteiger charge is -2.23. The molecule has 23 heavy (non-hydrogen) atoms. The summed E-state index contributed by atoms with van der Waals surface area (Å²) in [6.45, 7) is 1.52. The van der Waals surface area contributed by atoms with Crippen molar-refractivity contribution in [3.05, 3.63) is 42.5 Å².